The highest BCUT2D eigenvalue weighted by Gasteiger charge is 2.48. The summed E-state index contributed by atoms with van der Waals surface area (Å²) in [5.74, 6) is -3.65. The molecule has 16 heteroatoms. The highest BCUT2D eigenvalue weighted by molar-refractivity contribution is 5.99. The molecule has 398 valence electrons. The molecule has 8 N–H and O–H groups in total. The second kappa shape index (κ2) is 23.1. The van der Waals surface area contributed by atoms with E-state index in [0.29, 0.717) is 0 Å². The third-order valence-corrected chi connectivity index (χ3v) is 15.6. The first-order chi connectivity index (χ1) is 34.9. The number of Topliss-reactive ketones (excluding diaryl/α,β-unsaturated/α-hetero) is 2. The second-order valence-electron chi connectivity index (χ2n) is 23.5. The van der Waals surface area contributed by atoms with Crippen molar-refractivity contribution < 1.29 is 38.4 Å². The van der Waals surface area contributed by atoms with E-state index in [-0.39, 0.29) is 85.2 Å². The van der Waals surface area contributed by atoms with Crippen LogP contribution < -0.4 is 32.7 Å². The predicted molar refractivity (Wildman–Crippen MR) is 282 cm³/mol. The molecular weight excluding hydrogens is 937 g/mol. The topological polar surface area (TPSA) is 243 Å². The van der Waals surface area contributed by atoms with E-state index in [1.165, 1.54) is 41.7 Å². The van der Waals surface area contributed by atoms with Gasteiger partial charge in [0.15, 0.2) is 5.78 Å². The Labute approximate surface area is 436 Å². The van der Waals surface area contributed by atoms with E-state index in [1.54, 1.807) is 11.8 Å². The fourth-order valence-electron chi connectivity index (χ4n) is 11.3. The van der Waals surface area contributed by atoms with Crippen LogP contribution in [0.4, 0.5) is 0 Å². The van der Waals surface area contributed by atoms with Crippen molar-refractivity contribution in [3.05, 3.63) is 106 Å². The Morgan fingerprint density at radius 3 is 1.68 bits per heavy atom. The van der Waals surface area contributed by atoms with Gasteiger partial charge in [0, 0.05) is 55.1 Å². The number of nitrogens with one attached hydrogen (secondary N) is 4. The molecule has 0 bridgehead atoms. The van der Waals surface area contributed by atoms with Gasteiger partial charge >= 0.3 is 0 Å². The Kier molecular flexibility index (Phi) is 17.3. The van der Waals surface area contributed by atoms with Crippen LogP contribution in [0.5, 0.6) is 0 Å². The van der Waals surface area contributed by atoms with Gasteiger partial charge in [-0.1, -0.05) is 90.1 Å². The molecule has 0 spiro atoms. The molecule has 0 radical (unpaired) electrons. The molecule has 3 aromatic carbocycles. The van der Waals surface area contributed by atoms with E-state index in [2.05, 4.69) is 39.5 Å². The maximum atomic E-state index is 14.6. The van der Waals surface area contributed by atoms with Gasteiger partial charge < -0.3 is 42.5 Å². The molecule has 2 heterocycles. The van der Waals surface area contributed by atoms with Gasteiger partial charge in [-0.2, -0.15) is 0 Å². The number of fused-ring (bicyclic) bond motifs is 2. The maximum Gasteiger partial charge on any atom is 0.251 e. The summed E-state index contributed by atoms with van der Waals surface area (Å²) in [6, 6.07) is 16.4. The number of amides is 6. The van der Waals surface area contributed by atoms with E-state index >= 15 is 0 Å². The molecular formula is C58H78N8O8. The van der Waals surface area contributed by atoms with Gasteiger partial charge in [-0.05, 0) is 128 Å². The molecule has 1 unspecified atom stereocenters. The molecule has 2 aliphatic heterocycles. The summed E-state index contributed by atoms with van der Waals surface area (Å²) in [5, 5.41) is 12.1. The first-order valence-electron chi connectivity index (χ1n) is 26.6. The largest absolute Gasteiger partial charge is 0.347 e. The predicted octanol–water partition coefficient (Wildman–Crippen LogP) is 5.21. The number of rotatable bonds is 16. The highest BCUT2D eigenvalue weighted by Crippen LogP contribution is 2.38. The van der Waals surface area contributed by atoms with Gasteiger partial charge in [0.25, 0.3) is 11.8 Å². The lowest BCUT2D eigenvalue weighted by Gasteiger charge is -2.36. The molecule has 74 heavy (non-hydrogen) atoms. The van der Waals surface area contributed by atoms with Gasteiger partial charge in [-0.3, -0.25) is 38.4 Å². The fourth-order valence-corrected chi connectivity index (χ4v) is 11.3. The molecule has 16 nitrogen and oxygen atoms in total. The third kappa shape index (κ3) is 13.0. The Morgan fingerprint density at radius 2 is 1.14 bits per heavy atom. The van der Waals surface area contributed by atoms with Gasteiger partial charge in [0.05, 0.1) is 24.2 Å². The van der Waals surface area contributed by atoms with Crippen molar-refractivity contribution in [3.63, 3.8) is 0 Å². The van der Waals surface area contributed by atoms with Crippen LogP contribution in [0.3, 0.4) is 0 Å². The van der Waals surface area contributed by atoms with Crippen LogP contribution in [0.15, 0.2) is 72.8 Å². The van der Waals surface area contributed by atoms with Crippen LogP contribution >= 0.6 is 0 Å². The van der Waals surface area contributed by atoms with Crippen molar-refractivity contribution in [2.45, 2.75) is 174 Å². The smallest absolute Gasteiger partial charge is 0.251 e. The van der Waals surface area contributed by atoms with Crippen LogP contribution in [0, 0.1) is 16.7 Å². The van der Waals surface area contributed by atoms with E-state index < -0.39 is 82.7 Å². The van der Waals surface area contributed by atoms with Crippen LogP contribution in [0.25, 0.3) is 0 Å². The summed E-state index contributed by atoms with van der Waals surface area (Å²) in [7, 11) is 0. The Bertz CT molecular complexity index is 2420. The normalized spacial score (nSPS) is 23.3. The van der Waals surface area contributed by atoms with Crippen molar-refractivity contribution in [1.82, 2.24) is 31.1 Å². The number of likely N-dealkylation sites (tertiary alicyclic amines) is 2. The SMILES string of the molecule is C[C@H](N)C(=O)C[C@H](C(=O)N1CC(NC(=O)c2ccc(C(=O)N[C@H]3C[C@@H](C(=O)N[C@@H]4CCCc5ccccc54)N(C(=O)[C@@H](NC(=O)[C@H](C)N)C(C)(C)C)C3)cc2)C[C@H]1C(=O)C[C@@H]1CCCc2ccccc21)C(C)(C)C. The summed E-state index contributed by atoms with van der Waals surface area (Å²) < 4.78 is 0. The zero-order chi connectivity index (χ0) is 53.8. The lowest BCUT2D eigenvalue weighted by Crippen LogP contribution is -2.59. The molecule has 0 aromatic heterocycles. The number of carbonyl (C=O) groups is 8. The van der Waals surface area contributed by atoms with Gasteiger partial charge in [-0.15, -0.1) is 0 Å². The average Bonchev–Trinajstić information content (AvgIpc) is 3.98. The minimum Gasteiger partial charge on any atom is -0.347 e. The van der Waals surface area contributed by atoms with Crippen molar-refractivity contribution in [2.75, 3.05) is 13.1 Å². The molecule has 10 atom stereocenters. The first kappa shape index (κ1) is 55.5. The van der Waals surface area contributed by atoms with Crippen LogP contribution in [-0.2, 0) is 41.6 Å². The first-order valence-corrected chi connectivity index (χ1v) is 26.6. The minimum atomic E-state index is -1.02. The molecule has 3 aromatic rings. The molecule has 2 saturated heterocycles. The lowest BCUT2D eigenvalue weighted by molar-refractivity contribution is -0.146. The molecule has 4 aliphatic rings. The summed E-state index contributed by atoms with van der Waals surface area (Å²) in [4.78, 5) is 115. The van der Waals surface area contributed by atoms with Crippen molar-refractivity contribution in [2.24, 2.45) is 28.2 Å². The number of nitrogens with zero attached hydrogens (tertiary/aromatic N) is 2. The summed E-state index contributed by atoms with van der Waals surface area (Å²) >= 11 is 0. The number of hydrogen-bond donors (Lipinski definition) is 6. The standard InChI is InChI=1S/C58H78N8O8/c1-33(59)48(67)30-44(57(3,4)5)55(73)65-31-40(28-46(65)49(68)27-39-19-13-17-35-15-9-11-20-42(35)39)61-52(70)37-23-25-38(26-24-37)53(71)62-41-29-47(54(72)63-45-22-14-18-36-16-10-12-21-43(36)45)66(32-41)56(74)50(58(6,7)8)64-51(69)34(2)60/h9-12,15-16,20-21,23-26,33-34,39-41,44-47,50H,13-14,17-19,22,27-32,59-60H2,1-8H3,(H,61,70)(H,62,71)(H,63,72)(H,64,69)/t33-,34-,39-,40?,41-,44+,45+,46-,47-,50+/m0/s1. The van der Waals surface area contributed by atoms with E-state index in [9.17, 15) is 38.4 Å². The number of carbonyl (C=O) groups excluding carboxylic acids is 8. The number of aryl methyl sites for hydroxylation is 2. The number of benzene rings is 3. The number of hydrogen-bond acceptors (Lipinski definition) is 10. The van der Waals surface area contributed by atoms with Crippen molar-refractivity contribution in [3.8, 4) is 0 Å². The van der Waals surface area contributed by atoms with E-state index in [0.717, 1.165) is 55.2 Å². The summed E-state index contributed by atoms with van der Waals surface area (Å²) in [5.41, 5.74) is 15.6. The monoisotopic (exact) mass is 1010 g/mol. The quantitative estimate of drug-likeness (QED) is 0.110. The lowest BCUT2D eigenvalue weighted by atomic mass is 9.76. The molecule has 6 amide bonds. The Hall–Kier alpha value is -6.26. The van der Waals surface area contributed by atoms with Crippen LogP contribution in [0.1, 0.15) is 162 Å². The Morgan fingerprint density at radius 1 is 0.622 bits per heavy atom. The molecule has 7 rings (SSSR count). The molecule has 2 aliphatic carbocycles. The second-order valence-corrected chi connectivity index (χ2v) is 23.5. The Balaban J connectivity index is 1.05. The van der Waals surface area contributed by atoms with Crippen LogP contribution in [0.2, 0.25) is 0 Å². The summed E-state index contributed by atoms with van der Waals surface area (Å²) in [6.07, 6.45) is 5.78. The average molecular weight is 1020 g/mol. The van der Waals surface area contributed by atoms with Crippen molar-refractivity contribution >= 4 is 47.0 Å². The van der Waals surface area contributed by atoms with E-state index in [4.69, 9.17) is 11.5 Å². The van der Waals surface area contributed by atoms with Gasteiger partial charge in [0.2, 0.25) is 23.6 Å². The van der Waals surface area contributed by atoms with Gasteiger partial charge in [-0.25, -0.2) is 0 Å². The molecule has 2 fully saturated rings. The highest BCUT2D eigenvalue weighted by atomic mass is 16.2. The van der Waals surface area contributed by atoms with Crippen molar-refractivity contribution in [1.29, 1.82) is 0 Å². The fraction of sp³-hybridized carbons (Fsp3) is 0.552. The van der Waals surface area contributed by atoms with Crippen LogP contribution in [-0.4, -0.2) is 112 Å². The zero-order valence-electron chi connectivity index (χ0n) is 44.5. The third-order valence-electron chi connectivity index (χ3n) is 15.6. The number of nitrogens with two attached hydrogens (primary N) is 2. The number of ketones is 2. The molecule has 0 saturated carbocycles. The maximum absolute atomic E-state index is 14.6. The van der Waals surface area contributed by atoms with E-state index in [1.807, 2.05) is 71.9 Å². The minimum absolute atomic E-state index is 0.00232. The summed E-state index contributed by atoms with van der Waals surface area (Å²) in [6.45, 7) is 14.4. The van der Waals surface area contributed by atoms with Gasteiger partial charge in [0.1, 0.15) is 17.9 Å². The zero-order valence-corrected chi connectivity index (χ0v) is 44.5.